The Morgan fingerprint density at radius 1 is 1.37 bits per heavy atom. The quantitative estimate of drug-likeness (QED) is 0.643. The molecule has 0 aliphatic heterocycles. The zero-order chi connectivity index (χ0) is 14.3. The van der Waals surface area contributed by atoms with Gasteiger partial charge in [-0.3, -0.25) is 0 Å². The molecule has 7 heteroatoms. The van der Waals surface area contributed by atoms with Gasteiger partial charge in [-0.05, 0) is 19.1 Å². The van der Waals surface area contributed by atoms with Crippen molar-refractivity contribution in [1.82, 2.24) is 10.6 Å². The van der Waals surface area contributed by atoms with E-state index in [-0.39, 0.29) is 29.8 Å². The molecule has 0 aromatic heterocycles. The molecule has 0 unspecified atom stereocenters. The Hall–Kier alpha value is -1.82. The summed E-state index contributed by atoms with van der Waals surface area (Å²) in [5, 5.41) is 4.73. The predicted molar refractivity (Wildman–Crippen MR) is 68.8 cm³/mol. The molecule has 0 radical (unpaired) electrons. The van der Waals surface area contributed by atoms with Crippen LogP contribution in [0.2, 0.25) is 5.02 Å². The van der Waals surface area contributed by atoms with E-state index in [0.29, 0.717) is 6.54 Å². The van der Waals surface area contributed by atoms with Crippen LogP contribution in [0.3, 0.4) is 0 Å². The lowest BCUT2D eigenvalue weighted by atomic mass is 10.2. The van der Waals surface area contributed by atoms with E-state index in [1.165, 1.54) is 12.1 Å². The Morgan fingerprint density at radius 3 is 2.79 bits per heavy atom. The average molecular weight is 289 g/mol. The van der Waals surface area contributed by atoms with Crippen molar-refractivity contribution >= 4 is 23.6 Å². The molecule has 0 spiro atoms. The van der Waals surface area contributed by atoms with E-state index >= 15 is 0 Å². The summed E-state index contributed by atoms with van der Waals surface area (Å²) < 4.78 is 18.0. The third kappa shape index (κ3) is 4.75. The summed E-state index contributed by atoms with van der Waals surface area (Å²) in [7, 11) is 0. The van der Waals surface area contributed by atoms with Crippen LogP contribution < -0.4 is 10.6 Å². The van der Waals surface area contributed by atoms with Crippen LogP contribution in [0, 0.1) is 5.82 Å². The summed E-state index contributed by atoms with van der Waals surface area (Å²) in [6, 6.07) is 3.54. The highest BCUT2D eigenvalue weighted by molar-refractivity contribution is 6.33. The fraction of sp³-hybridized carbons (Fsp3) is 0.333. The molecule has 19 heavy (non-hydrogen) atoms. The Morgan fingerprint density at radius 2 is 2.11 bits per heavy atom. The predicted octanol–water partition coefficient (Wildman–Crippen LogP) is 1.95. The van der Waals surface area contributed by atoms with Crippen molar-refractivity contribution in [2.45, 2.75) is 6.92 Å². The second-order valence-corrected chi connectivity index (χ2v) is 3.90. The summed E-state index contributed by atoms with van der Waals surface area (Å²) >= 11 is 5.64. The lowest BCUT2D eigenvalue weighted by Gasteiger charge is -2.08. The summed E-state index contributed by atoms with van der Waals surface area (Å²) in [4.78, 5) is 22.6. The van der Waals surface area contributed by atoms with Crippen molar-refractivity contribution in [2.75, 3.05) is 19.7 Å². The van der Waals surface area contributed by atoms with Crippen LogP contribution in [0.5, 0.6) is 0 Å². The first-order valence-corrected chi connectivity index (χ1v) is 6.07. The van der Waals surface area contributed by atoms with Crippen molar-refractivity contribution in [3.8, 4) is 0 Å². The lowest BCUT2D eigenvalue weighted by molar-refractivity contribution is 0.0510. The number of hydrogen-bond acceptors (Lipinski definition) is 3. The first-order chi connectivity index (χ1) is 9.06. The van der Waals surface area contributed by atoms with Gasteiger partial charge in [-0.15, -0.1) is 0 Å². The number of nitrogens with one attached hydrogen (secondary N) is 2. The molecule has 0 fully saturated rings. The van der Waals surface area contributed by atoms with Crippen LogP contribution in [0.4, 0.5) is 9.18 Å². The topological polar surface area (TPSA) is 67.4 Å². The van der Waals surface area contributed by atoms with Crippen molar-refractivity contribution < 1.29 is 18.7 Å². The first-order valence-electron chi connectivity index (χ1n) is 5.69. The van der Waals surface area contributed by atoms with Crippen molar-refractivity contribution in [1.29, 1.82) is 0 Å². The standard InChI is InChI=1S/C12H14ClFN2O3/c1-2-15-12(18)16-6-7-19-11(17)8-4-3-5-9(14)10(8)13/h3-5H,2,6-7H2,1H3,(H2,15,16,18). The minimum Gasteiger partial charge on any atom is -0.460 e. The van der Waals surface area contributed by atoms with E-state index in [1.54, 1.807) is 6.92 Å². The Kier molecular flexibility index (Phi) is 6.08. The van der Waals surface area contributed by atoms with Gasteiger partial charge in [0.25, 0.3) is 0 Å². The monoisotopic (exact) mass is 288 g/mol. The van der Waals surface area contributed by atoms with Gasteiger partial charge < -0.3 is 15.4 Å². The maximum Gasteiger partial charge on any atom is 0.339 e. The van der Waals surface area contributed by atoms with Crippen LogP contribution in [-0.4, -0.2) is 31.7 Å². The van der Waals surface area contributed by atoms with Crippen molar-refractivity contribution in [2.24, 2.45) is 0 Å². The molecule has 0 atom stereocenters. The molecule has 0 aliphatic carbocycles. The molecule has 0 heterocycles. The largest absolute Gasteiger partial charge is 0.460 e. The fourth-order valence-electron chi connectivity index (χ4n) is 1.27. The third-order valence-electron chi connectivity index (χ3n) is 2.13. The molecular formula is C12H14ClFN2O3. The SMILES string of the molecule is CCNC(=O)NCCOC(=O)c1cccc(F)c1Cl. The van der Waals surface area contributed by atoms with Gasteiger partial charge in [0, 0.05) is 6.54 Å². The molecule has 1 aromatic carbocycles. The van der Waals surface area contributed by atoms with Crippen LogP contribution in [0.15, 0.2) is 18.2 Å². The number of amides is 2. The summed E-state index contributed by atoms with van der Waals surface area (Å²) in [5.74, 6) is -1.42. The van der Waals surface area contributed by atoms with Crippen LogP contribution in [-0.2, 0) is 4.74 Å². The molecule has 5 nitrogen and oxygen atoms in total. The number of urea groups is 1. The highest BCUT2D eigenvalue weighted by Crippen LogP contribution is 2.20. The molecular weight excluding hydrogens is 275 g/mol. The van der Waals surface area contributed by atoms with Crippen molar-refractivity contribution in [3.05, 3.63) is 34.6 Å². The van der Waals surface area contributed by atoms with Gasteiger partial charge in [0.1, 0.15) is 12.4 Å². The van der Waals surface area contributed by atoms with Crippen LogP contribution in [0.25, 0.3) is 0 Å². The highest BCUT2D eigenvalue weighted by Gasteiger charge is 2.14. The number of esters is 1. The van der Waals surface area contributed by atoms with Gasteiger partial charge >= 0.3 is 12.0 Å². The van der Waals surface area contributed by atoms with Gasteiger partial charge in [-0.1, -0.05) is 17.7 Å². The summed E-state index contributed by atoms with van der Waals surface area (Å²) in [6.07, 6.45) is 0. The van der Waals surface area contributed by atoms with E-state index in [1.807, 2.05) is 0 Å². The maximum atomic E-state index is 13.1. The number of hydrogen-bond donors (Lipinski definition) is 2. The molecule has 0 saturated heterocycles. The molecule has 0 aliphatic rings. The van der Waals surface area contributed by atoms with Crippen molar-refractivity contribution in [3.63, 3.8) is 0 Å². The maximum absolute atomic E-state index is 13.1. The normalized spacial score (nSPS) is 9.84. The Labute approximate surface area is 115 Å². The Balaban J connectivity index is 2.40. The van der Waals surface area contributed by atoms with Gasteiger partial charge in [0.2, 0.25) is 0 Å². The first kappa shape index (κ1) is 15.2. The van der Waals surface area contributed by atoms with E-state index in [9.17, 15) is 14.0 Å². The molecule has 2 N–H and O–H groups in total. The molecule has 0 saturated carbocycles. The van der Waals surface area contributed by atoms with Crippen LogP contribution >= 0.6 is 11.6 Å². The molecule has 2 amide bonds. The zero-order valence-corrected chi connectivity index (χ0v) is 11.1. The van der Waals surface area contributed by atoms with Gasteiger partial charge in [-0.25, -0.2) is 14.0 Å². The third-order valence-corrected chi connectivity index (χ3v) is 2.51. The van der Waals surface area contributed by atoms with Gasteiger partial charge in [0.05, 0.1) is 17.1 Å². The second-order valence-electron chi connectivity index (χ2n) is 3.52. The molecule has 1 rings (SSSR count). The minimum absolute atomic E-state index is 0.0250. The number of benzene rings is 1. The fourth-order valence-corrected chi connectivity index (χ4v) is 1.47. The summed E-state index contributed by atoms with van der Waals surface area (Å²) in [5.41, 5.74) is -0.0420. The van der Waals surface area contributed by atoms with E-state index in [0.717, 1.165) is 6.07 Å². The summed E-state index contributed by atoms with van der Waals surface area (Å²) in [6.45, 7) is 2.42. The van der Waals surface area contributed by atoms with Crippen LogP contribution in [0.1, 0.15) is 17.3 Å². The zero-order valence-electron chi connectivity index (χ0n) is 10.3. The lowest BCUT2D eigenvalue weighted by Crippen LogP contribution is -2.37. The molecule has 0 bridgehead atoms. The minimum atomic E-state index is -0.734. The number of rotatable bonds is 5. The number of carbonyl (C=O) groups is 2. The van der Waals surface area contributed by atoms with E-state index in [4.69, 9.17) is 16.3 Å². The second kappa shape index (κ2) is 7.58. The molecule has 104 valence electrons. The molecule has 1 aromatic rings. The highest BCUT2D eigenvalue weighted by atomic mass is 35.5. The smallest absolute Gasteiger partial charge is 0.339 e. The number of carbonyl (C=O) groups excluding carboxylic acids is 2. The Bertz CT molecular complexity index is 468. The van der Waals surface area contributed by atoms with Gasteiger partial charge in [-0.2, -0.15) is 0 Å². The number of halogens is 2. The van der Waals surface area contributed by atoms with Gasteiger partial charge in [0.15, 0.2) is 0 Å². The van der Waals surface area contributed by atoms with E-state index < -0.39 is 11.8 Å². The average Bonchev–Trinajstić information content (AvgIpc) is 2.38. The number of ether oxygens (including phenoxy) is 1. The van der Waals surface area contributed by atoms with E-state index in [2.05, 4.69) is 10.6 Å².